The first-order valence-corrected chi connectivity index (χ1v) is 8.02. The number of ether oxygens (including phenoxy) is 1. The van der Waals surface area contributed by atoms with Gasteiger partial charge in [0.15, 0.2) is 0 Å². The SMILES string of the molecule is C[C@@](CCN)(Oc1cccc2ccccc12)c1cccs1. The van der Waals surface area contributed by atoms with Crippen LogP contribution in [0.25, 0.3) is 10.8 Å². The van der Waals surface area contributed by atoms with Gasteiger partial charge in [-0.15, -0.1) is 11.3 Å². The Morgan fingerprint density at radius 3 is 2.62 bits per heavy atom. The number of rotatable bonds is 5. The molecule has 2 nitrogen and oxygen atoms in total. The largest absolute Gasteiger partial charge is 0.481 e. The predicted molar refractivity (Wildman–Crippen MR) is 89.9 cm³/mol. The quantitative estimate of drug-likeness (QED) is 0.750. The van der Waals surface area contributed by atoms with Crippen LogP contribution in [-0.4, -0.2) is 6.54 Å². The number of benzene rings is 2. The van der Waals surface area contributed by atoms with Crippen molar-refractivity contribution in [1.82, 2.24) is 0 Å². The van der Waals surface area contributed by atoms with Gasteiger partial charge in [-0.3, -0.25) is 0 Å². The second-order valence-electron chi connectivity index (χ2n) is 5.33. The molecule has 1 aromatic heterocycles. The highest BCUT2D eigenvalue weighted by molar-refractivity contribution is 7.10. The molecule has 0 spiro atoms. The van der Waals surface area contributed by atoms with Gasteiger partial charge in [0.25, 0.3) is 0 Å². The summed E-state index contributed by atoms with van der Waals surface area (Å²) in [5.74, 6) is 0.914. The Balaban J connectivity index is 2.02. The molecule has 108 valence electrons. The van der Waals surface area contributed by atoms with Crippen molar-refractivity contribution in [2.75, 3.05) is 6.54 Å². The third-order valence-electron chi connectivity index (χ3n) is 3.75. The van der Waals surface area contributed by atoms with E-state index in [0.717, 1.165) is 17.6 Å². The summed E-state index contributed by atoms with van der Waals surface area (Å²) >= 11 is 1.71. The van der Waals surface area contributed by atoms with Crippen LogP contribution in [0, 0.1) is 0 Å². The molecule has 3 aromatic rings. The van der Waals surface area contributed by atoms with Crippen molar-refractivity contribution < 1.29 is 4.74 Å². The highest BCUT2D eigenvalue weighted by atomic mass is 32.1. The van der Waals surface area contributed by atoms with E-state index in [0.29, 0.717) is 6.54 Å². The van der Waals surface area contributed by atoms with E-state index >= 15 is 0 Å². The van der Waals surface area contributed by atoms with Gasteiger partial charge in [-0.2, -0.15) is 0 Å². The summed E-state index contributed by atoms with van der Waals surface area (Å²) in [5.41, 5.74) is 5.43. The molecule has 0 amide bonds. The van der Waals surface area contributed by atoms with Gasteiger partial charge < -0.3 is 10.5 Å². The fraction of sp³-hybridized carbons (Fsp3) is 0.222. The predicted octanol–water partition coefficient (Wildman–Crippen LogP) is 4.54. The smallest absolute Gasteiger partial charge is 0.141 e. The van der Waals surface area contributed by atoms with Crippen LogP contribution in [0.2, 0.25) is 0 Å². The maximum atomic E-state index is 6.43. The monoisotopic (exact) mass is 297 g/mol. The van der Waals surface area contributed by atoms with E-state index in [4.69, 9.17) is 10.5 Å². The lowest BCUT2D eigenvalue weighted by molar-refractivity contribution is 0.0855. The second-order valence-corrected chi connectivity index (χ2v) is 6.27. The molecule has 0 aliphatic heterocycles. The van der Waals surface area contributed by atoms with Gasteiger partial charge >= 0.3 is 0 Å². The van der Waals surface area contributed by atoms with Gasteiger partial charge in [-0.05, 0) is 36.4 Å². The van der Waals surface area contributed by atoms with E-state index in [1.165, 1.54) is 10.3 Å². The van der Waals surface area contributed by atoms with Crippen LogP contribution in [0.1, 0.15) is 18.2 Å². The number of thiophene rings is 1. The zero-order valence-corrected chi connectivity index (χ0v) is 12.9. The number of hydrogen-bond acceptors (Lipinski definition) is 3. The van der Waals surface area contributed by atoms with Gasteiger partial charge in [0.05, 0.1) is 0 Å². The molecule has 0 saturated heterocycles. The normalized spacial score (nSPS) is 14.0. The van der Waals surface area contributed by atoms with Crippen LogP contribution in [0.15, 0.2) is 60.0 Å². The van der Waals surface area contributed by atoms with Crippen LogP contribution in [0.3, 0.4) is 0 Å². The summed E-state index contributed by atoms with van der Waals surface area (Å²) in [4.78, 5) is 1.21. The molecule has 0 unspecified atom stereocenters. The molecular formula is C18H19NOS. The van der Waals surface area contributed by atoms with Gasteiger partial charge in [-0.1, -0.05) is 42.5 Å². The van der Waals surface area contributed by atoms with Crippen molar-refractivity contribution in [2.45, 2.75) is 18.9 Å². The number of fused-ring (bicyclic) bond motifs is 1. The summed E-state index contributed by atoms with van der Waals surface area (Å²) in [6.07, 6.45) is 0.788. The molecule has 21 heavy (non-hydrogen) atoms. The molecule has 3 rings (SSSR count). The van der Waals surface area contributed by atoms with Crippen LogP contribution >= 0.6 is 11.3 Å². The van der Waals surface area contributed by atoms with E-state index in [9.17, 15) is 0 Å². The van der Waals surface area contributed by atoms with Crippen LogP contribution < -0.4 is 10.5 Å². The zero-order chi connectivity index (χ0) is 14.7. The molecule has 0 aliphatic rings. The molecule has 0 fully saturated rings. The van der Waals surface area contributed by atoms with Crippen molar-refractivity contribution in [3.05, 3.63) is 64.9 Å². The van der Waals surface area contributed by atoms with Gasteiger partial charge in [0, 0.05) is 16.7 Å². The Morgan fingerprint density at radius 2 is 1.86 bits per heavy atom. The lowest BCUT2D eigenvalue weighted by Gasteiger charge is -2.30. The Labute approximate surface area is 129 Å². The summed E-state index contributed by atoms with van der Waals surface area (Å²) in [6, 6.07) is 18.6. The molecule has 1 atom stereocenters. The van der Waals surface area contributed by atoms with E-state index in [2.05, 4.69) is 42.6 Å². The van der Waals surface area contributed by atoms with Gasteiger partial charge in [-0.25, -0.2) is 0 Å². The minimum atomic E-state index is -0.382. The lowest BCUT2D eigenvalue weighted by Crippen LogP contribution is -2.31. The Bertz CT molecular complexity index is 718. The maximum Gasteiger partial charge on any atom is 0.141 e. The molecular weight excluding hydrogens is 278 g/mol. The van der Waals surface area contributed by atoms with Gasteiger partial charge in [0.1, 0.15) is 11.4 Å². The molecule has 2 aromatic carbocycles. The molecule has 1 heterocycles. The van der Waals surface area contributed by atoms with E-state index in [1.54, 1.807) is 11.3 Å². The first-order valence-electron chi connectivity index (χ1n) is 7.14. The summed E-state index contributed by atoms with van der Waals surface area (Å²) in [5, 5.41) is 4.41. The minimum Gasteiger partial charge on any atom is -0.481 e. The third kappa shape index (κ3) is 2.80. The summed E-state index contributed by atoms with van der Waals surface area (Å²) in [7, 11) is 0. The average molecular weight is 297 g/mol. The lowest BCUT2D eigenvalue weighted by atomic mass is 9.99. The summed E-state index contributed by atoms with van der Waals surface area (Å²) < 4.78 is 6.43. The molecule has 0 radical (unpaired) electrons. The van der Waals surface area contributed by atoms with Crippen LogP contribution in [-0.2, 0) is 5.60 Å². The van der Waals surface area contributed by atoms with Crippen molar-refractivity contribution >= 4 is 22.1 Å². The Kier molecular flexibility index (Phi) is 3.95. The Morgan fingerprint density at radius 1 is 1.05 bits per heavy atom. The maximum absolute atomic E-state index is 6.43. The van der Waals surface area contributed by atoms with Crippen molar-refractivity contribution in [3.63, 3.8) is 0 Å². The first kappa shape index (κ1) is 14.1. The van der Waals surface area contributed by atoms with Crippen LogP contribution in [0.4, 0.5) is 0 Å². The number of hydrogen-bond donors (Lipinski definition) is 1. The second kappa shape index (κ2) is 5.88. The van der Waals surface area contributed by atoms with E-state index in [-0.39, 0.29) is 5.60 Å². The van der Waals surface area contributed by atoms with Crippen LogP contribution in [0.5, 0.6) is 5.75 Å². The Hall–Kier alpha value is -1.84. The van der Waals surface area contributed by atoms with E-state index < -0.39 is 0 Å². The molecule has 0 bridgehead atoms. The highest BCUT2D eigenvalue weighted by Crippen LogP contribution is 2.36. The fourth-order valence-electron chi connectivity index (χ4n) is 2.61. The average Bonchev–Trinajstić information content (AvgIpc) is 3.03. The highest BCUT2D eigenvalue weighted by Gasteiger charge is 2.29. The third-order valence-corrected chi connectivity index (χ3v) is 4.86. The molecule has 0 aliphatic carbocycles. The summed E-state index contributed by atoms with van der Waals surface area (Å²) in [6.45, 7) is 2.71. The van der Waals surface area contributed by atoms with Crippen molar-refractivity contribution in [3.8, 4) is 5.75 Å². The van der Waals surface area contributed by atoms with Crippen molar-refractivity contribution in [2.24, 2.45) is 5.73 Å². The molecule has 3 heteroatoms. The van der Waals surface area contributed by atoms with Crippen molar-refractivity contribution in [1.29, 1.82) is 0 Å². The molecule has 2 N–H and O–H groups in total. The fourth-order valence-corrected chi connectivity index (χ4v) is 3.46. The standard InChI is InChI=1S/C18H19NOS/c1-18(11-12-19,17-10-5-13-21-17)20-16-9-4-7-14-6-2-3-8-15(14)16/h2-10,13H,11-12,19H2,1H3/t18-/m0/s1. The minimum absolute atomic E-state index is 0.382. The first-order chi connectivity index (χ1) is 10.2. The number of nitrogens with two attached hydrogens (primary N) is 1. The zero-order valence-electron chi connectivity index (χ0n) is 12.1. The topological polar surface area (TPSA) is 35.2 Å². The van der Waals surface area contributed by atoms with Gasteiger partial charge in [0.2, 0.25) is 0 Å². The molecule has 0 saturated carbocycles. The van der Waals surface area contributed by atoms with E-state index in [1.807, 2.05) is 24.3 Å².